The van der Waals surface area contributed by atoms with E-state index < -0.39 is 17.9 Å². The predicted octanol–water partition coefficient (Wildman–Crippen LogP) is 4.07. The Balaban J connectivity index is 3.12. The lowest BCUT2D eigenvalue weighted by Gasteiger charge is -2.23. The average molecular weight is 338 g/mol. The molecule has 0 heterocycles. The maximum Gasteiger partial charge on any atom is 0.176 e. The average Bonchev–Trinajstić information content (AvgIpc) is 2.72. The molecule has 1 aliphatic rings. The number of allylic oxidation sites excluding steroid dienone is 2. The quantitative estimate of drug-likeness (QED) is 0.397. The van der Waals surface area contributed by atoms with Gasteiger partial charge in [-0.15, -0.1) is 0 Å². The monoisotopic (exact) mass is 338 g/mol. The van der Waals surface area contributed by atoms with Gasteiger partial charge >= 0.3 is 0 Å². The largest absolute Gasteiger partial charge is 0.511 e. The second kappa shape index (κ2) is 8.80. The summed E-state index contributed by atoms with van der Waals surface area (Å²) in [4.78, 5) is 25.6. The first-order valence-corrected chi connectivity index (χ1v) is 9.27. The highest BCUT2D eigenvalue weighted by atomic mass is 16.3. The van der Waals surface area contributed by atoms with E-state index >= 15 is 0 Å². The molecule has 24 heavy (non-hydrogen) atoms. The number of hydrogen-bond acceptors (Lipinski definition) is 4. The zero-order chi connectivity index (χ0) is 18.6. The molecule has 1 saturated carbocycles. The van der Waals surface area contributed by atoms with Crippen LogP contribution < -0.4 is 0 Å². The summed E-state index contributed by atoms with van der Waals surface area (Å²) in [7, 11) is 0. The molecule has 1 fully saturated rings. The molecule has 0 spiro atoms. The maximum atomic E-state index is 12.8. The molecule has 2 N–H and O–H groups in total. The Morgan fingerprint density at radius 2 is 1.46 bits per heavy atom. The first-order chi connectivity index (χ1) is 11.1. The van der Waals surface area contributed by atoms with Gasteiger partial charge in [0.2, 0.25) is 0 Å². The summed E-state index contributed by atoms with van der Waals surface area (Å²) in [5.74, 6) is -1.39. The van der Waals surface area contributed by atoms with Crippen LogP contribution in [0, 0.1) is 29.6 Å². The third-order valence-corrected chi connectivity index (χ3v) is 4.88. The molecule has 1 aliphatic carbocycles. The van der Waals surface area contributed by atoms with Gasteiger partial charge in [-0.25, -0.2) is 0 Å². The van der Waals surface area contributed by atoms with E-state index in [0.29, 0.717) is 24.7 Å². The minimum atomic E-state index is -0.821. The van der Waals surface area contributed by atoms with Crippen LogP contribution in [-0.2, 0) is 9.59 Å². The predicted molar refractivity (Wildman–Crippen MR) is 95.6 cm³/mol. The van der Waals surface area contributed by atoms with Crippen LogP contribution in [0.2, 0.25) is 0 Å². The van der Waals surface area contributed by atoms with Crippen molar-refractivity contribution in [2.75, 3.05) is 0 Å². The maximum absolute atomic E-state index is 12.8. The number of rotatable bonds is 8. The van der Waals surface area contributed by atoms with Gasteiger partial charge in [0.15, 0.2) is 11.6 Å². The summed E-state index contributed by atoms with van der Waals surface area (Å²) < 4.78 is 0. The van der Waals surface area contributed by atoms with E-state index in [-0.39, 0.29) is 28.8 Å². The lowest BCUT2D eigenvalue weighted by molar-refractivity contribution is -0.124. The fourth-order valence-corrected chi connectivity index (χ4v) is 3.31. The van der Waals surface area contributed by atoms with Crippen LogP contribution in [0.3, 0.4) is 0 Å². The van der Waals surface area contributed by atoms with Crippen LogP contribution in [0.25, 0.3) is 0 Å². The highest BCUT2D eigenvalue weighted by Crippen LogP contribution is 2.39. The number of aliphatic hydroxyl groups excluding tert-OH is 2. The molecule has 1 rings (SSSR count). The number of aliphatic hydroxyl groups is 2. The van der Waals surface area contributed by atoms with Gasteiger partial charge in [0.05, 0.1) is 17.6 Å². The van der Waals surface area contributed by atoms with Gasteiger partial charge in [-0.1, -0.05) is 48.0 Å². The number of ketones is 2. The fourth-order valence-electron chi connectivity index (χ4n) is 3.31. The fraction of sp³-hybridized carbons (Fsp3) is 0.800. The summed E-state index contributed by atoms with van der Waals surface area (Å²) in [5, 5.41) is 20.8. The third kappa shape index (κ3) is 4.92. The summed E-state index contributed by atoms with van der Waals surface area (Å²) in [5.41, 5.74) is -0.0626. The summed E-state index contributed by atoms with van der Waals surface area (Å²) >= 11 is 0. The van der Waals surface area contributed by atoms with E-state index in [4.69, 9.17) is 0 Å². The number of carbonyl (C=O) groups is 2. The van der Waals surface area contributed by atoms with E-state index in [1.54, 1.807) is 13.8 Å². The molecule has 0 aliphatic heterocycles. The molecule has 0 aromatic carbocycles. The van der Waals surface area contributed by atoms with Gasteiger partial charge in [0, 0.05) is 11.8 Å². The summed E-state index contributed by atoms with van der Waals surface area (Å²) in [6.45, 7) is 11.8. The Bertz CT molecular complexity index is 488. The Kier molecular flexibility index (Phi) is 7.65. The van der Waals surface area contributed by atoms with Gasteiger partial charge in [-0.05, 0) is 31.1 Å². The number of hydrogen-bond donors (Lipinski definition) is 2. The van der Waals surface area contributed by atoms with Crippen molar-refractivity contribution >= 4 is 11.6 Å². The smallest absolute Gasteiger partial charge is 0.176 e. The Morgan fingerprint density at radius 3 is 1.92 bits per heavy atom. The molecule has 0 aromatic heterocycles. The van der Waals surface area contributed by atoms with Crippen molar-refractivity contribution < 1.29 is 19.8 Å². The lowest BCUT2D eigenvalue weighted by atomic mass is 9.83. The minimum Gasteiger partial charge on any atom is -0.511 e. The Hall–Kier alpha value is -1.16. The molecule has 0 saturated heterocycles. The second-order valence-electron chi connectivity index (χ2n) is 8.29. The molecular formula is C20H34O4. The van der Waals surface area contributed by atoms with Crippen LogP contribution in [0.4, 0.5) is 0 Å². The summed E-state index contributed by atoms with van der Waals surface area (Å²) in [6.07, 6.45) is 1.91. The van der Waals surface area contributed by atoms with Crippen molar-refractivity contribution in [3.63, 3.8) is 0 Å². The van der Waals surface area contributed by atoms with Gasteiger partial charge in [0.25, 0.3) is 0 Å². The van der Waals surface area contributed by atoms with Crippen molar-refractivity contribution in [2.45, 2.75) is 73.3 Å². The van der Waals surface area contributed by atoms with Crippen LogP contribution in [0.1, 0.15) is 67.2 Å². The minimum absolute atomic E-state index is 0.0626. The van der Waals surface area contributed by atoms with Gasteiger partial charge < -0.3 is 10.2 Å². The van der Waals surface area contributed by atoms with Gasteiger partial charge in [-0.2, -0.15) is 0 Å². The zero-order valence-corrected chi connectivity index (χ0v) is 16.0. The highest BCUT2D eigenvalue weighted by molar-refractivity contribution is 6.27. The van der Waals surface area contributed by atoms with E-state index in [1.807, 2.05) is 0 Å². The third-order valence-electron chi connectivity index (χ3n) is 4.88. The molecular weight excluding hydrogens is 304 g/mol. The van der Waals surface area contributed by atoms with E-state index in [0.717, 1.165) is 12.8 Å². The van der Waals surface area contributed by atoms with Crippen molar-refractivity contribution in [1.82, 2.24) is 0 Å². The molecule has 0 amide bonds. The zero-order valence-electron chi connectivity index (χ0n) is 16.0. The van der Waals surface area contributed by atoms with Crippen molar-refractivity contribution in [3.8, 4) is 0 Å². The molecule has 138 valence electrons. The Morgan fingerprint density at radius 1 is 0.917 bits per heavy atom. The van der Waals surface area contributed by atoms with Crippen molar-refractivity contribution in [1.29, 1.82) is 0 Å². The van der Waals surface area contributed by atoms with Crippen LogP contribution in [-0.4, -0.2) is 27.9 Å². The Labute approximate surface area is 146 Å². The van der Waals surface area contributed by atoms with Crippen molar-refractivity contribution in [2.24, 2.45) is 29.6 Å². The van der Waals surface area contributed by atoms with Crippen LogP contribution in [0.15, 0.2) is 11.3 Å². The number of Topliss-reactive ketones (excluding diaryl/α,β-unsaturated/α-hetero) is 2. The van der Waals surface area contributed by atoms with E-state index in [9.17, 15) is 19.8 Å². The molecule has 0 bridgehead atoms. The molecule has 4 nitrogen and oxygen atoms in total. The number of carbonyl (C=O) groups excluding carboxylic acids is 2. The van der Waals surface area contributed by atoms with Crippen LogP contribution >= 0.6 is 0 Å². The standard InChI is InChI=1S/C20H34O4/c1-11(2)7-9-14-16(15(21)10-8-12(3)4)20(24)17(19(14)23)18(22)13(5)6/h11-16,21-22H,7-10H2,1-6H3/b18-17+/t14?,15-,16-/m1/s1. The molecule has 0 radical (unpaired) electrons. The molecule has 1 unspecified atom stereocenters. The first-order valence-electron chi connectivity index (χ1n) is 9.27. The van der Waals surface area contributed by atoms with E-state index in [2.05, 4.69) is 27.7 Å². The normalized spacial score (nSPS) is 25.2. The van der Waals surface area contributed by atoms with Gasteiger partial charge in [0.1, 0.15) is 5.76 Å². The first kappa shape index (κ1) is 20.9. The lowest BCUT2D eigenvalue weighted by Crippen LogP contribution is -2.31. The SMILES string of the molecule is CC(C)CCC1C(=O)/C(=C(\O)C(C)C)C(=O)[C@H]1[C@H](O)CCC(C)C. The van der Waals surface area contributed by atoms with Crippen molar-refractivity contribution in [3.05, 3.63) is 11.3 Å². The highest BCUT2D eigenvalue weighted by Gasteiger charge is 2.49. The second-order valence-corrected chi connectivity index (χ2v) is 8.29. The molecule has 4 heteroatoms. The van der Waals surface area contributed by atoms with Crippen LogP contribution in [0.5, 0.6) is 0 Å². The summed E-state index contributed by atoms with van der Waals surface area (Å²) in [6, 6.07) is 0. The topological polar surface area (TPSA) is 74.6 Å². The molecule has 0 aromatic rings. The molecule has 3 atom stereocenters. The van der Waals surface area contributed by atoms with E-state index in [1.165, 1.54) is 0 Å². The van der Waals surface area contributed by atoms with Gasteiger partial charge in [-0.3, -0.25) is 9.59 Å².